The zero-order valence-corrected chi connectivity index (χ0v) is 15.3. The third-order valence-corrected chi connectivity index (χ3v) is 5.01. The lowest BCUT2D eigenvalue weighted by Gasteiger charge is -2.33. The molecule has 2 aromatic carbocycles. The average Bonchev–Trinajstić information content (AvgIpc) is 2.75. The molecule has 0 aromatic heterocycles. The third kappa shape index (κ3) is 3.63. The van der Waals surface area contributed by atoms with Crippen LogP contribution >= 0.6 is 0 Å². The molecule has 0 spiro atoms. The summed E-state index contributed by atoms with van der Waals surface area (Å²) in [7, 11) is 0. The number of rotatable bonds is 3. The number of amides is 2. The molecule has 4 heteroatoms. The van der Waals surface area contributed by atoms with Crippen LogP contribution in [0, 0.1) is 0 Å². The summed E-state index contributed by atoms with van der Waals surface area (Å²) < 4.78 is 0. The summed E-state index contributed by atoms with van der Waals surface area (Å²) in [6.45, 7) is 8.75. The van der Waals surface area contributed by atoms with Gasteiger partial charge in [0.15, 0.2) is 0 Å². The molecule has 1 aliphatic rings. The number of hydrogen-bond acceptors (Lipinski definition) is 2. The van der Waals surface area contributed by atoms with E-state index >= 15 is 0 Å². The highest BCUT2D eigenvalue weighted by Gasteiger charge is 2.32. The fraction of sp³-hybridized carbons (Fsp3) is 0.381. The highest BCUT2D eigenvalue weighted by Crippen LogP contribution is 2.34. The fourth-order valence-electron chi connectivity index (χ4n) is 3.71. The van der Waals surface area contributed by atoms with Crippen molar-refractivity contribution < 1.29 is 4.79 Å². The summed E-state index contributed by atoms with van der Waals surface area (Å²) in [5.41, 5.74) is 3.56. The van der Waals surface area contributed by atoms with E-state index in [0.717, 1.165) is 18.7 Å². The van der Waals surface area contributed by atoms with E-state index in [0.29, 0.717) is 6.54 Å². The van der Waals surface area contributed by atoms with Crippen molar-refractivity contribution in [1.82, 2.24) is 10.2 Å². The van der Waals surface area contributed by atoms with Crippen LogP contribution < -0.4 is 10.2 Å². The Hall–Kier alpha value is -2.49. The van der Waals surface area contributed by atoms with Gasteiger partial charge in [0, 0.05) is 31.4 Å². The first-order valence-electron chi connectivity index (χ1n) is 9.05. The van der Waals surface area contributed by atoms with E-state index in [2.05, 4.69) is 55.3 Å². The molecule has 2 aromatic rings. The molecule has 0 saturated carbocycles. The Bertz CT molecular complexity index is 716. The van der Waals surface area contributed by atoms with Gasteiger partial charge < -0.3 is 15.1 Å². The van der Waals surface area contributed by atoms with Crippen LogP contribution in [-0.2, 0) is 6.54 Å². The maximum atomic E-state index is 12.9. The van der Waals surface area contributed by atoms with Gasteiger partial charge in [0.1, 0.15) is 0 Å². The van der Waals surface area contributed by atoms with Gasteiger partial charge in [0.2, 0.25) is 0 Å². The largest absolute Gasteiger partial charge is 0.369 e. The van der Waals surface area contributed by atoms with Crippen molar-refractivity contribution in [3.05, 3.63) is 65.7 Å². The van der Waals surface area contributed by atoms with E-state index in [1.165, 1.54) is 11.3 Å². The number of carbonyl (C=O) groups excluding carboxylic acids is 1. The van der Waals surface area contributed by atoms with Gasteiger partial charge in [-0.3, -0.25) is 0 Å². The zero-order chi connectivity index (χ0) is 17.8. The van der Waals surface area contributed by atoms with Crippen molar-refractivity contribution in [3.8, 4) is 0 Å². The summed E-state index contributed by atoms with van der Waals surface area (Å²) in [5, 5.41) is 3.09. The number of likely N-dealkylation sites (N-methyl/N-ethyl adjacent to an activating group) is 1. The SMILES string of the molecule is CCN1C[C@@H](C)N(C(=O)NCc2ccccc2)[C@@H](C)c2ccccc21. The van der Waals surface area contributed by atoms with E-state index in [-0.39, 0.29) is 18.1 Å². The van der Waals surface area contributed by atoms with Crippen molar-refractivity contribution in [2.75, 3.05) is 18.0 Å². The van der Waals surface area contributed by atoms with Gasteiger partial charge in [-0.25, -0.2) is 4.79 Å². The van der Waals surface area contributed by atoms with Crippen molar-refractivity contribution in [2.45, 2.75) is 39.4 Å². The van der Waals surface area contributed by atoms with Crippen molar-refractivity contribution in [1.29, 1.82) is 0 Å². The Morgan fingerprint density at radius 3 is 2.48 bits per heavy atom. The van der Waals surface area contributed by atoms with Crippen LogP contribution in [0.3, 0.4) is 0 Å². The zero-order valence-electron chi connectivity index (χ0n) is 15.3. The minimum atomic E-state index is -0.00314. The van der Waals surface area contributed by atoms with E-state index in [1.54, 1.807) is 0 Å². The molecule has 25 heavy (non-hydrogen) atoms. The van der Waals surface area contributed by atoms with Gasteiger partial charge in [-0.05, 0) is 38.0 Å². The molecule has 1 heterocycles. The topological polar surface area (TPSA) is 35.6 Å². The molecule has 0 unspecified atom stereocenters. The first-order chi connectivity index (χ1) is 12.1. The molecule has 132 valence electrons. The molecular formula is C21H27N3O. The standard InChI is InChI=1S/C21H27N3O/c1-4-23-15-16(2)24(17(3)19-12-8-9-13-20(19)23)21(25)22-14-18-10-6-5-7-11-18/h5-13,16-17H,4,14-15H2,1-3H3,(H,22,25)/t16-,17+/m1/s1. The van der Waals surface area contributed by atoms with Crippen LogP contribution in [0.25, 0.3) is 0 Å². The van der Waals surface area contributed by atoms with Crippen LogP contribution in [0.1, 0.15) is 37.9 Å². The Labute approximate surface area is 150 Å². The molecule has 0 fully saturated rings. The Kier molecular flexibility index (Phi) is 5.27. The number of benzene rings is 2. The molecule has 4 nitrogen and oxygen atoms in total. The lowest BCUT2D eigenvalue weighted by Crippen LogP contribution is -2.48. The van der Waals surface area contributed by atoms with Crippen LogP contribution in [0.4, 0.5) is 10.5 Å². The summed E-state index contributed by atoms with van der Waals surface area (Å²) in [6.07, 6.45) is 0. The summed E-state index contributed by atoms with van der Waals surface area (Å²) >= 11 is 0. The lowest BCUT2D eigenvalue weighted by atomic mass is 10.0. The number of fused-ring (bicyclic) bond motifs is 1. The Balaban J connectivity index is 1.81. The van der Waals surface area contributed by atoms with Gasteiger partial charge in [-0.2, -0.15) is 0 Å². The lowest BCUT2D eigenvalue weighted by molar-refractivity contribution is 0.158. The number of anilines is 1. The minimum Gasteiger partial charge on any atom is -0.369 e. The second-order valence-electron chi connectivity index (χ2n) is 6.67. The van der Waals surface area contributed by atoms with Gasteiger partial charge in [-0.15, -0.1) is 0 Å². The highest BCUT2D eigenvalue weighted by atomic mass is 16.2. The smallest absolute Gasteiger partial charge is 0.318 e. The second kappa shape index (κ2) is 7.60. The quantitative estimate of drug-likeness (QED) is 0.911. The number of carbonyl (C=O) groups is 1. The molecule has 1 N–H and O–H groups in total. The van der Waals surface area contributed by atoms with Crippen LogP contribution in [0.5, 0.6) is 0 Å². The normalized spacial score (nSPS) is 20.0. The first-order valence-corrected chi connectivity index (χ1v) is 9.05. The second-order valence-corrected chi connectivity index (χ2v) is 6.67. The molecule has 0 bridgehead atoms. The number of hydrogen-bond donors (Lipinski definition) is 1. The van der Waals surface area contributed by atoms with Gasteiger partial charge in [0.25, 0.3) is 0 Å². The molecule has 2 amide bonds. The maximum Gasteiger partial charge on any atom is 0.318 e. The predicted molar refractivity (Wildman–Crippen MR) is 103 cm³/mol. The molecule has 0 saturated heterocycles. The average molecular weight is 337 g/mol. The Morgan fingerprint density at radius 1 is 1.08 bits per heavy atom. The first kappa shape index (κ1) is 17.3. The van der Waals surface area contributed by atoms with Gasteiger partial charge in [0.05, 0.1) is 6.04 Å². The summed E-state index contributed by atoms with van der Waals surface area (Å²) in [4.78, 5) is 17.3. The van der Waals surface area contributed by atoms with Gasteiger partial charge in [-0.1, -0.05) is 48.5 Å². The van der Waals surface area contributed by atoms with E-state index in [9.17, 15) is 4.79 Å². The number of nitrogens with one attached hydrogen (secondary N) is 1. The number of nitrogens with zero attached hydrogens (tertiary/aromatic N) is 2. The van der Waals surface area contributed by atoms with Crippen molar-refractivity contribution in [2.24, 2.45) is 0 Å². The number of urea groups is 1. The summed E-state index contributed by atoms with van der Waals surface area (Å²) in [6, 6.07) is 18.6. The summed E-state index contributed by atoms with van der Waals surface area (Å²) in [5.74, 6) is 0. The van der Waals surface area contributed by atoms with Crippen molar-refractivity contribution >= 4 is 11.7 Å². The van der Waals surface area contributed by atoms with E-state index in [4.69, 9.17) is 0 Å². The fourth-order valence-corrected chi connectivity index (χ4v) is 3.71. The van der Waals surface area contributed by atoms with E-state index < -0.39 is 0 Å². The Morgan fingerprint density at radius 2 is 1.76 bits per heavy atom. The molecule has 3 rings (SSSR count). The van der Waals surface area contributed by atoms with E-state index in [1.807, 2.05) is 35.2 Å². The molecule has 0 radical (unpaired) electrons. The van der Waals surface area contributed by atoms with Crippen LogP contribution in [-0.4, -0.2) is 30.1 Å². The molecule has 0 aliphatic carbocycles. The van der Waals surface area contributed by atoms with Crippen LogP contribution in [0.15, 0.2) is 54.6 Å². The number of para-hydroxylation sites is 1. The van der Waals surface area contributed by atoms with Gasteiger partial charge >= 0.3 is 6.03 Å². The highest BCUT2D eigenvalue weighted by molar-refractivity contribution is 5.76. The van der Waals surface area contributed by atoms with Crippen molar-refractivity contribution in [3.63, 3.8) is 0 Å². The predicted octanol–water partition coefficient (Wildman–Crippen LogP) is 4.19. The third-order valence-electron chi connectivity index (χ3n) is 5.01. The monoisotopic (exact) mass is 337 g/mol. The molecule has 1 aliphatic heterocycles. The maximum absolute atomic E-state index is 12.9. The molecule has 2 atom stereocenters. The molecular weight excluding hydrogens is 310 g/mol. The minimum absolute atomic E-state index is 0.00314. The van der Waals surface area contributed by atoms with Crippen LogP contribution in [0.2, 0.25) is 0 Å².